The van der Waals surface area contributed by atoms with Gasteiger partial charge in [-0.05, 0) is 60.1 Å². The van der Waals surface area contributed by atoms with Crippen molar-refractivity contribution in [3.8, 4) is 0 Å². The number of hydrogen-bond donors (Lipinski definition) is 1. The van der Waals surface area contributed by atoms with Crippen LogP contribution in [0.15, 0.2) is 24.3 Å². The van der Waals surface area contributed by atoms with E-state index in [4.69, 9.17) is 0 Å². The van der Waals surface area contributed by atoms with Gasteiger partial charge in [0.05, 0.1) is 0 Å². The Morgan fingerprint density at radius 3 is 2.38 bits per heavy atom. The first-order valence-corrected chi connectivity index (χ1v) is 8.32. The summed E-state index contributed by atoms with van der Waals surface area (Å²) in [5.41, 5.74) is 2.38. The lowest BCUT2D eigenvalue weighted by atomic mass is 9.86. The van der Waals surface area contributed by atoms with Crippen molar-refractivity contribution >= 4 is 11.6 Å². The van der Waals surface area contributed by atoms with Crippen LogP contribution in [0.3, 0.4) is 0 Å². The van der Waals surface area contributed by atoms with Crippen LogP contribution >= 0.6 is 0 Å². The zero-order valence-electron chi connectivity index (χ0n) is 13.5. The molecular formula is C19H27NO. The van der Waals surface area contributed by atoms with Gasteiger partial charge in [-0.15, -0.1) is 0 Å². The maximum Gasteiger partial charge on any atom is 0.224 e. The Morgan fingerprint density at radius 2 is 1.86 bits per heavy atom. The second-order valence-electron chi connectivity index (χ2n) is 8.01. The Balaban J connectivity index is 1.55. The zero-order chi connectivity index (χ0) is 15.0. The monoisotopic (exact) mass is 285 g/mol. The van der Waals surface area contributed by atoms with E-state index in [9.17, 15) is 4.79 Å². The Hall–Kier alpha value is -1.31. The smallest absolute Gasteiger partial charge is 0.224 e. The summed E-state index contributed by atoms with van der Waals surface area (Å²) in [6.45, 7) is 6.61. The summed E-state index contributed by atoms with van der Waals surface area (Å²) in [6.07, 6.45) is 6.11. The van der Waals surface area contributed by atoms with E-state index in [1.54, 1.807) is 0 Å². The largest absolute Gasteiger partial charge is 0.326 e. The van der Waals surface area contributed by atoms with Crippen molar-refractivity contribution in [3.05, 3.63) is 29.8 Å². The second kappa shape index (κ2) is 5.47. The van der Waals surface area contributed by atoms with Gasteiger partial charge in [0.25, 0.3) is 0 Å². The molecule has 114 valence electrons. The van der Waals surface area contributed by atoms with Gasteiger partial charge in [-0.1, -0.05) is 39.3 Å². The number of hydrogen-bond acceptors (Lipinski definition) is 1. The van der Waals surface area contributed by atoms with E-state index in [1.165, 1.54) is 31.2 Å². The predicted octanol–water partition coefficient (Wildman–Crippen LogP) is 4.75. The zero-order valence-corrected chi connectivity index (χ0v) is 13.5. The van der Waals surface area contributed by atoms with Gasteiger partial charge in [0.15, 0.2) is 0 Å². The number of anilines is 1. The number of rotatable bonds is 3. The molecule has 21 heavy (non-hydrogen) atoms. The maximum absolute atomic E-state index is 12.2. The lowest BCUT2D eigenvalue weighted by molar-refractivity contribution is -0.117. The number of carbonyl (C=O) groups is 1. The molecule has 1 aromatic carbocycles. The van der Waals surface area contributed by atoms with E-state index in [1.807, 2.05) is 12.1 Å². The van der Waals surface area contributed by atoms with Crippen molar-refractivity contribution in [1.29, 1.82) is 0 Å². The third-order valence-corrected chi connectivity index (χ3v) is 5.37. The molecule has 0 saturated heterocycles. The summed E-state index contributed by atoms with van der Waals surface area (Å²) >= 11 is 0. The fraction of sp³-hybridized carbons (Fsp3) is 0.632. The van der Waals surface area contributed by atoms with Crippen molar-refractivity contribution in [3.63, 3.8) is 0 Å². The van der Waals surface area contributed by atoms with Gasteiger partial charge < -0.3 is 5.32 Å². The molecule has 2 saturated carbocycles. The summed E-state index contributed by atoms with van der Waals surface area (Å²) in [6, 6.07) is 8.29. The molecule has 2 fully saturated rings. The predicted molar refractivity (Wildman–Crippen MR) is 87.3 cm³/mol. The number of carbonyl (C=O) groups excluding carboxylic acids is 1. The summed E-state index contributed by atoms with van der Waals surface area (Å²) in [5, 5.41) is 3.07. The molecule has 0 spiro atoms. The highest BCUT2D eigenvalue weighted by Crippen LogP contribution is 2.49. The fourth-order valence-electron chi connectivity index (χ4n) is 4.13. The maximum atomic E-state index is 12.2. The van der Waals surface area contributed by atoms with E-state index in [0.717, 1.165) is 17.5 Å². The summed E-state index contributed by atoms with van der Waals surface area (Å²) in [5.74, 6) is 2.57. The molecule has 0 heterocycles. The van der Waals surface area contributed by atoms with Gasteiger partial charge in [0.2, 0.25) is 5.91 Å². The molecule has 0 radical (unpaired) electrons. The molecule has 1 N–H and O–H groups in total. The molecule has 0 unspecified atom stereocenters. The van der Waals surface area contributed by atoms with Crippen LogP contribution in [0.2, 0.25) is 0 Å². The van der Waals surface area contributed by atoms with Crippen molar-refractivity contribution < 1.29 is 4.79 Å². The summed E-state index contributed by atoms with van der Waals surface area (Å²) < 4.78 is 0. The molecule has 2 heteroatoms. The molecule has 3 atom stereocenters. The van der Waals surface area contributed by atoms with Crippen LogP contribution in [0.5, 0.6) is 0 Å². The Kier molecular flexibility index (Phi) is 3.81. The first kappa shape index (κ1) is 14.6. The minimum Gasteiger partial charge on any atom is -0.326 e. The number of benzene rings is 1. The van der Waals surface area contributed by atoms with Gasteiger partial charge in [0.1, 0.15) is 0 Å². The van der Waals surface area contributed by atoms with Gasteiger partial charge in [0, 0.05) is 12.1 Å². The van der Waals surface area contributed by atoms with Crippen LogP contribution in [0.4, 0.5) is 5.69 Å². The van der Waals surface area contributed by atoms with E-state index < -0.39 is 0 Å². The van der Waals surface area contributed by atoms with Crippen LogP contribution in [0.1, 0.15) is 58.4 Å². The number of nitrogens with one attached hydrogen (secondary N) is 1. The Bertz CT molecular complexity index is 511. The van der Waals surface area contributed by atoms with E-state index in [0.29, 0.717) is 12.3 Å². The highest BCUT2D eigenvalue weighted by Gasteiger charge is 2.40. The van der Waals surface area contributed by atoms with Crippen molar-refractivity contribution in [2.75, 3.05) is 5.32 Å². The van der Waals surface area contributed by atoms with Gasteiger partial charge in [-0.3, -0.25) is 4.79 Å². The fourth-order valence-corrected chi connectivity index (χ4v) is 4.13. The minimum absolute atomic E-state index is 0.158. The lowest BCUT2D eigenvalue weighted by Crippen LogP contribution is -2.20. The average molecular weight is 285 g/mol. The van der Waals surface area contributed by atoms with E-state index in [2.05, 4.69) is 38.2 Å². The van der Waals surface area contributed by atoms with Crippen LogP contribution in [-0.4, -0.2) is 5.91 Å². The highest BCUT2D eigenvalue weighted by molar-refractivity contribution is 5.90. The molecule has 0 aromatic heterocycles. The Morgan fingerprint density at radius 1 is 1.14 bits per heavy atom. The first-order chi connectivity index (χ1) is 9.91. The number of amides is 1. The lowest BCUT2D eigenvalue weighted by Gasteiger charge is -2.21. The summed E-state index contributed by atoms with van der Waals surface area (Å²) in [7, 11) is 0. The SMILES string of the molecule is CC(C)(C)c1ccc(NC(=O)C[C@@H]2C[C@@H]3CC[C@@H]2C3)cc1. The average Bonchev–Trinajstić information content (AvgIpc) is 3.00. The Labute approximate surface area is 128 Å². The standard InChI is InChI=1S/C19H27NO/c1-19(2,3)16-6-8-17(9-7-16)20-18(21)12-15-11-13-4-5-14(15)10-13/h6-9,13-15H,4-5,10-12H2,1-3H3,(H,20,21)/t13-,14-,15+/m1/s1. The molecular weight excluding hydrogens is 258 g/mol. The van der Waals surface area contributed by atoms with Crippen LogP contribution in [-0.2, 0) is 10.2 Å². The van der Waals surface area contributed by atoms with Gasteiger partial charge >= 0.3 is 0 Å². The van der Waals surface area contributed by atoms with E-state index >= 15 is 0 Å². The van der Waals surface area contributed by atoms with Crippen molar-refractivity contribution in [2.24, 2.45) is 17.8 Å². The van der Waals surface area contributed by atoms with Gasteiger partial charge in [-0.25, -0.2) is 0 Å². The molecule has 2 aliphatic rings. The summed E-state index contributed by atoms with van der Waals surface area (Å²) in [4.78, 5) is 12.2. The highest BCUT2D eigenvalue weighted by atomic mass is 16.1. The van der Waals surface area contributed by atoms with Crippen LogP contribution < -0.4 is 5.32 Å². The van der Waals surface area contributed by atoms with Crippen LogP contribution in [0, 0.1) is 17.8 Å². The third-order valence-electron chi connectivity index (χ3n) is 5.37. The third kappa shape index (κ3) is 3.30. The molecule has 2 nitrogen and oxygen atoms in total. The molecule has 2 aliphatic carbocycles. The molecule has 0 aliphatic heterocycles. The first-order valence-electron chi connectivity index (χ1n) is 8.32. The normalized spacial score (nSPS) is 27.9. The molecule has 3 rings (SSSR count). The number of fused-ring (bicyclic) bond motifs is 2. The van der Waals surface area contributed by atoms with Gasteiger partial charge in [-0.2, -0.15) is 0 Å². The van der Waals surface area contributed by atoms with Crippen molar-refractivity contribution in [2.45, 2.75) is 58.3 Å². The van der Waals surface area contributed by atoms with E-state index in [-0.39, 0.29) is 11.3 Å². The van der Waals surface area contributed by atoms with Crippen molar-refractivity contribution in [1.82, 2.24) is 0 Å². The minimum atomic E-state index is 0.158. The molecule has 2 bridgehead atoms. The second-order valence-corrected chi connectivity index (χ2v) is 8.01. The molecule has 1 amide bonds. The quantitative estimate of drug-likeness (QED) is 0.853. The van der Waals surface area contributed by atoms with Crippen LogP contribution in [0.25, 0.3) is 0 Å². The topological polar surface area (TPSA) is 29.1 Å². The molecule has 1 aromatic rings.